The Morgan fingerprint density at radius 1 is 0.490 bits per heavy atom. The monoisotopic (exact) mass is 677 g/mol. The molecule has 10 N–H and O–H groups in total. The molecule has 0 aliphatic heterocycles. The van der Waals surface area contributed by atoms with Crippen molar-refractivity contribution in [3.63, 3.8) is 0 Å². The van der Waals surface area contributed by atoms with Crippen LogP contribution in [0, 0.1) is 0 Å². The number of carboxylic acid groups (broad SMARTS) is 2. The van der Waals surface area contributed by atoms with Gasteiger partial charge < -0.3 is 37.6 Å². The quantitative estimate of drug-likeness (QED) is 0.0646. The Labute approximate surface area is 293 Å². The van der Waals surface area contributed by atoms with Gasteiger partial charge in [-0.2, -0.15) is 0 Å². The summed E-state index contributed by atoms with van der Waals surface area (Å²) < 4.78 is 0. The van der Waals surface area contributed by atoms with Crippen molar-refractivity contribution in [3.05, 3.63) is 172 Å². The van der Waals surface area contributed by atoms with E-state index in [1.165, 1.54) is 28.8 Å². The summed E-state index contributed by atoms with van der Waals surface area (Å²) >= 11 is 0. The average molecular weight is 678 g/mol. The van der Waals surface area contributed by atoms with Gasteiger partial charge in [-0.25, -0.2) is 9.59 Å². The van der Waals surface area contributed by atoms with E-state index < -0.39 is 23.4 Å². The van der Waals surface area contributed by atoms with Crippen LogP contribution in [0.2, 0.25) is 0 Å². The van der Waals surface area contributed by atoms with Gasteiger partial charge in [0.2, 0.25) is 0 Å². The Bertz CT molecular complexity index is 2180. The van der Waals surface area contributed by atoms with Crippen molar-refractivity contribution in [1.82, 2.24) is 0 Å². The van der Waals surface area contributed by atoms with Crippen LogP contribution in [0.1, 0.15) is 54.5 Å². The number of nitrogen functional groups attached to an aromatic ring is 3. The second kappa shape index (κ2) is 14.2. The van der Waals surface area contributed by atoms with E-state index in [-0.39, 0.29) is 23.5 Å². The minimum Gasteiger partial charge on any atom is -0.507 e. The normalized spacial score (nSPS) is 10.9. The predicted molar refractivity (Wildman–Crippen MR) is 201 cm³/mol. The van der Waals surface area contributed by atoms with Crippen LogP contribution in [-0.4, -0.2) is 32.4 Å². The topological polar surface area (TPSA) is 193 Å². The molecule has 0 saturated carbocycles. The third-order valence-corrected chi connectivity index (χ3v) is 8.88. The molecule has 0 atom stereocenters. The second-order valence-electron chi connectivity index (χ2n) is 12.2. The number of phenols is 2. The Hall–Kier alpha value is -7.00. The maximum Gasteiger partial charge on any atom is 0.339 e. The molecule has 0 bridgehead atoms. The predicted octanol–water partition coefficient (Wildman–Crippen LogP) is 8.00. The summed E-state index contributed by atoms with van der Waals surface area (Å²) in [4.78, 5) is 23.2. The molecular formula is C42H35N3O6. The van der Waals surface area contributed by atoms with Gasteiger partial charge in [0.05, 0.1) is 0 Å². The molecule has 0 aliphatic rings. The van der Waals surface area contributed by atoms with Crippen LogP contribution in [0.15, 0.2) is 133 Å². The number of aromatic hydroxyl groups is 2. The zero-order valence-corrected chi connectivity index (χ0v) is 27.3. The number of hydrogen-bond donors (Lipinski definition) is 7. The summed E-state index contributed by atoms with van der Waals surface area (Å²) in [6.45, 7) is 0. The Kier molecular flexibility index (Phi) is 9.46. The first kappa shape index (κ1) is 33.9. The van der Waals surface area contributed by atoms with Crippen LogP contribution in [0.25, 0.3) is 21.5 Å². The molecule has 254 valence electrons. The molecule has 9 heteroatoms. The summed E-state index contributed by atoms with van der Waals surface area (Å²) in [5.74, 6) is -3.23. The van der Waals surface area contributed by atoms with Crippen LogP contribution < -0.4 is 17.2 Å². The third kappa shape index (κ3) is 7.09. The lowest BCUT2D eigenvalue weighted by Gasteiger charge is -2.19. The van der Waals surface area contributed by atoms with Crippen molar-refractivity contribution in [2.24, 2.45) is 0 Å². The minimum absolute atomic E-state index is 0.0407. The van der Waals surface area contributed by atoms with Crippen LogP contribution in [0.3, 0.4) is 0 Å². The molecule has 0 aromatic heterocycles. The number of hydrogen-bond acceptors (Lipinski definition) is 7. The van der Waals surface area contributed by atoms with E-state index in [2.05, 4.69) is 36.4 Å². The van der Waals surface area contributed by atoms with Gasteiger partial charge >= 0.3 is 11.9 Å². The number of fused-ring (bicyclic) bond motifs is 2. The van der Waals surface area contributed by atoms with Crippen molar-refractivity contribution in [2.75, 3.05) is 17.2 Å². The average Bonchev–Trinajstić information content (AvgIpc) is 3.12. The molecule has 0 aliphatic carbocycles. The first-order valence-corrected chi connectivity index (χ1v) is 16.0. The van der Waals surface area contributed by atoms with Gasteiger partial charge in [-0.05, 0) is 86.8 Å². The fourth-order valence-electron chi connectivity index (χ4n) is 6.33. The van der Waals surface area contributed by atoms with Crippen LogP contribution in [-0.2, 0) is 6.42 Å². The van der Waals surface area contributed by atoms with E-state index in [1.807, 2.05) is 36.4 Å². The summed E-state index contributed by atoms with van der Waals surface area (Å²) in [5, 5.41) is 42.8. The van der Waals surface area contributed by atoms with Crippen molar-refractivity contribution >= 4 is 50.5 Å². The number of carbonyl (C=O) groups is 2. The Morgan fingerprint density at radius 3 is 1.12 bits per heavy atom. The summed E-state index contributed by atoms with van der Waals surface area (Å²) in [5.41, 5.74) is 23.4. The molecule has 51 heavy (non-hydrogen) atoms. The van der Waals surface area contributed by atoms with Crippen LogP contribution >= 0.6 is 0 Å². The highest BCUT2D eigenvalue weighted by Gasteiger charge is 2.23. The molecule has 0 fully saturated rings. The van der Waals surface area contributed by atoms with Gasteiger partial charge in [0.15, 0.2) is 0 Å². The van der Waals surface area contributed by atoms with Gasteiger partial charge in [-0.15, -0.1) is 0 Å². The van der Waals surface area contributed by atoms with Gasteiger partial charge in [0, 0.05) is 40.5 Å². The van der Waals surface area contributed by atoms with E-state index in [0.29, 0.717) is 32.7 Å². The van der Waals surface area contributed by atoms with E-state index in [9.17, 15) is 30.0 Å². The minimum atomic E-state index is -1.28. The van der Waals surface area contributed by atoms with E-state index in [4.69, 9.17) is 17.2 Å². The van der Waals surface area contributed by atoms with Crippen molar-refractivity contribution in [1.29, 1.82) is 0 Å². The van der Waals surface area contributed by atoms with Gasteiger partial charge in [-0.3, -0.25) is 0 Å². The molecule has 0 heterocycles. The van der Waals surface area contributed by atoms with Crippen LogP contribution in [0.5, 0.6) is 11.5 Å². The first-order chi connectivity index (χ1) is 24.5. The van der Waals surface area contributed by atoms with Crippen LogP contribution in [0.4, 0.5) is 17.1 Å². The molecule has 7 aromatic carbocycles. The first-order valence-electron chi connectivity index (χ1n) is 16.0. The molecular weight excluding hydrogens is 642 g/mol. The van der Waals surface area contributed by atoms with Gasteiger partial charge in [-0.1, -0.05) is 84.9 Å². The fourth-order valence-corrected chi connectivity index (χ4v) is 6.33. The number of aromatic carboxylic acids is 2. The standard InChI is InChI=1S/C23H16O6.C19H19N3/c24-20-16(14-7-3-1-5-12(14)9-18(20)22(26)27)11-17-15-8-4-2-6-13(15)10-19(21(17)25)23(28)29;20-16-7-1-13(2-8-16)19(14-3-9-17(21)10-4-14)15-5-11-18(22)12-6-15/h1-10,24-25H,11H2,(H,26,27)(H,28,29);1-12,19H,20-22H2. The maximum absolute atomic E-state index is 11.6. The van der Waals surface area contributed by atoms with Crippen molar-refractivity contribution in [2.45, 2.75) is 12.3 Å². The fraction of sp³-hybridized carbons (Fsp3) is 0.0476. The Morgan fingerprint density at radius 2 is 0.804 bits per heavy atom. The molecule has 0 unspecified atom stereocenters. The summed E-state index contributed by atoms with van der Waals surface area (Å²) in [6, 6.07) is 40.7. The lowest BCUT2D eigenvalue weighted by Crippen LogP contribution is -2.04. The Balaban J connectivity index is 0.000000183. The summed E-state index contributed by atoms with van der Waals surface area (Å²) in [6.07, 6.45) is -0.0407. The molecule has 0 spiro atoms. The van der Waals surface area contributed by atoms with Gasteiger partial charge in [0.1, 0.15) is 22.6 Å². The second-order valence-corrected chi connectivity index (χ2v) is 12.2. The van der Waals surface area contributed by atoms with Crippen molar-refractivity contribution < 1.29 is 30.0 Å². The third-order valence-electron chi connectivity index (χ3n) is 8.88. The van der Waals surface area contributed by atoms with Crippen molar-refractivity contribution in [3.8, 4) is 11.5 Å². The number of rotatable bonds is 7. The van der Waals surface area contributed by atoms with Gasteiger partial charge in [0.25, 0.3) is 0 Å². The maximum atomic E-state index is 11.6. The lowest BCUT2D eigenvalue weighted by molar-refractivity contribution is 0.0682. The highest BCUT2D eigenvalue weighted by atomic mass is 16.4. The lowest BCUT2D eigenvalue weighted by atomic mass is 9.85. The smallest absolute Gasteiger partial charge is 0.339 e. The zero-order chi connectivity index (χ0) is 36.2. The molecule has 9 nitrogen and oxygen atoms in total. The highest BCUT2D eigenvalue weighted by Crippen LogP contribution is 2.39. The molecule has 0 saturated heterocycles. The molecule has 0 amide bonds. The zero-order valence-electron chi connectivity index (χ0n) is 27.3. The molecule has 0 radical (unpaired) electrons. The van der Waals surface area contributed by atoms with E-state index >= 15 is 0 Å². The SMILES string of the molecule is Nc1ccc(C(c2ccc(N)cc2)c2ccc(N)cc2)cc1.O=C(O)c1cc2ccccc2c(Cc2c(O)c(C(=O)O)cc3ccccc23)c1O. The highest BCUT2D eigenvalue weighted by molar-refractivity contribution is 6.02. The van der Waals surface area contributed by atoms with E-state index in [1.54, 1.807) is 48.5 Å². The largest absolute Gasteiger partial charge is 0.507 e. The number of carboxylic acids is 2. The number of anilines is 3. The number of benzene rings is 7. The molecule has 7 aromatic rings. The summed E-state index contributed by atoms with van der Waals surface area (Å²) in [7, 11) is 0. The van der Waals surface area contributed by atoms with E-state index in [0.717, 1.165) is 17.1 Å². The molecule has 7 rings (SSSR count). The number of nitrogens with two attached hydrogens (primary N) is 3.